The van der Waals surface area contributed by atoms with Crippen molar-refractivity contribution >= 4 is 41.5 Å². The number of guanidine groups is 1. The number of aliphatic imine (C=N–C) groups is 1. The molecule has 1 aliphatic heterocycles. The summed E-state index contributed by atoms with van der Waals surface area (Å²) in [5.74, 6) is 2.34. The number of anilines is 1. The van der Waals surface area contributed by atoms with Gasteiger partial charge in [-0.1, -0.05) is 12.8 Å². The summed E-state index contributed by atoms with van der Waals surface area (Å²) in [4.78, 5) is 18.7. The van der Waals surface area contributed by atoms with Crippen LogP contribution in [0.5, 0.6) is 11.5 Å². The van der Waals surface area contributed by atoms with E-state index in [1.54, 1.807) is 11.9 Å². The highest BCUT2D eigenvalue weighted by molar-refractivity contribution is 14.0. The maximum atomic E-state index is 12.7. The molecule has 1 saturated carbocycles. The van der Waals surface area contributed by atoms with Crippen LogP contribution in [0.15, 0.2) is 23.2 Å². The molecule has 8 heteroatoms. The van der Waals surface area contributed by atoms with Crippen molar-refractivity contribution in [2.75, 3.05) is 46.2 Å². The molecule has 0 atom stereocenters. The van der Waals surface area contributed by atoms with Gasteiger partial charge in [-0.2, -0.15) is 0 Å². The molecule has 1 aromatic carbocycles. The van der Waals surface area contributed by atoms with Gasteiger partial charge in [-0.3, -0.25) is 9.79 Å². The molecular weight excluding hydrogens is 471 g/mol. The molecule has 28 heavy (non-hydrogen) atoms. The summed E-state index contributed by atoms with van der Waals surface area (Å²) in [5, 5.41) is 6.64. The zero-order chi connectivity index (χ0) is 19.3. The molecule has 3 rings (SSSR count). The van der Waals surface area contributed by atoms with Crippen molar-refractivity contribution in [2.45, 2.75) is 32.1 Å². The van der Waals surface area contributed by atoms with Crippen molar-refractivity contribution in [2.24, 2.45) is 10.4 Å². The fourth-order valence-corrected chi connectivity index (χ4v) is 3.80. The summed E-state index contributed by atoms with van der Waals surface area (Å²) in [6, 6.07) is 5.77. The van der Waals surface area contributed by atoms with Crippen LogP contribution in [0.25, 0.3) is 0 Å². The highest BCUT2D eigenvalue weighted by atomic mass is 127. The Bertz CT molecular complexity index is 703. The Hall–Kier alpha value is -1.71. The lowest BCUT2D eigenvalue weighted by Crippen LogP contribution is -2.47. The molecule has 1 aromatic rings. The van der Waals surface area contributed by atoms with E-state index in [0.29, 0.717) is 25.7 Å². The highest BCUT2D eigenvalue weighted by Crippen LogP contribution is 2.39. The highest BCUT2D eigenvalue weighted by Gasteiger charge is 2.42. The molecule has 0 saturated heterocycles. The van der Waals surface area contributed by atoms with Gasteiger partial charge in [0.1, 0.15) is 0 Å². The Kier molecular flexibility index (Phi) is 8.21. The second kappa shape index (κ2) is 10.2. The average Bonchev–Trinajstić information content (AvgIpc) is 3.03. The van der Waals surface area contributed by atoms with E-state index >= 15 is 0 Å². The first-order valence-electron chi connectivity index (χ1n) is 9.63. The van der Waals surface area contributed by atoms with Crippen LogP contribution in [0.2, 0.25) is 0 Å². The van der Waals surface area contributed by atoms with Crippen LogP contribution in [0.3, 0.4) is 0 Å². The molecule has 0 bridgehead atoms. The van der Waals surface area contributed by atoms with Gasteiger partial charge in [0.15, 0.2) is 17.5 Å². The zero-order valence-electron chi connectivity index (χ0n) is 16.9. The molecule has 1 fully saturated rings. The second-order valence-corrected chi connectivity index (χ2v) is 7.45. The molecule has 0 radical (unpaired) electrons. The van der Waals surface area contributed by atoms with E-state index in [4.69, 9.17) is 9.47 Å². The lowest BCUT2D eigenvalue weighted by molar-refractivity contribution is -0.138. The molecule has 1 heterocycles. The third-order valence-corrected chi connectivity index (χ3v) is 5.25. The fraction of sp³-hybridized carbons (Fsp3) is 0.600. The maximum absolute atomic E-state index is 12.7. The van der Waals surface area contributed by atoms with Crippen LogP contribution in [0.1, 0.15) is 32.1 Å². The van der Waals surface area contributed by atoms with E-state index in [2.05, 4.69) is 15.6 Å². The Labute approximate surface area is 184 Å². The number of hydrogen-bond acceptors (Lipinski definition) is 4. The van der Waals surface area contributed by atoms with Gasteiger partial charge in [-0.25, -0.2) is 0 Å². The Morgan fingerprint density at radius 2 is 1.82 bits per heavy atom. The number of nitrogens with zero attached hydrogens (tertiary/aromatic N) is 2. The molecule has 156 valence electrons. The third kappa shape index (κ3) is 5.21. The van der Waals surface area contributed by atoms with Gasteiger partial charge in [-0.05, 0) is 25.0 Å². The molecular formula is C20H31IN4O3. The minimum absolute atomic E-state index is 0. The van der Waals surface area contributed by atoms with Crippen LogP contribution in [0.4, 0.5) is 5.69 Å². The normalized spacial score (nSPS) is 17.9. The molecule has 1 amide bonds. The van der Waals surface area contributed by atoms with Gasteiger partial charge >= 0.3 is 0 Å². The molecule has 2 N–H and O–H groups in total. The number of nitrogens with one attached hydrogen (secondary N) is 2. The molecule has 0 unspecified atom stereocenters. The SMILES string of the molecule is CN=C(NCC1(C(=O)N(C)C)CCCC1)Nc1ccc2c(c1)OCCCO2.I. The van der Waals surface area contributed by atoms with Gasteiger partial charge in [0.2, 0.25) is 5.91 Å². The summed E-state index contributed by atoms with van der Waals surface area (Å²) >= 11 is 0. The maximum Gasteiger partial charge on any atom is 0.230 e. The van der Waals surface area contributed by atoms with Crippen molar-refractivity contribution < 1.29 is 14.3 Å². The Morgan fingerprint density at radius 3 is 2.46 bits per heavy atom. The first-order chi connectivity index (χ1) is 13.0. The molecule has 2 aliphatic rings. The first-order valence-corrected chi connectivity index (χ1v) is 9.63. The van der Waals surface area contributed by atoms with E-state index in [9.17, 15) is 4.79 Å². The van der Waals surface area contributed by atoms with Gasteiger partial charge < -0.3 is 25.0 Å². The number of fused-ring (bicyclic) bond motifs is 1. The number of rotatable bonds is 4. The number of amides is 1. The second-order valence-electron chi connectivity index (χ2n) is 7.45. The van der Waals surface area contributed by atoms with Crippen molar-refractivity contribution in [3.8, 4) is 11.5 Å². The van der Waals surface area contributed by atoms with E-state index in [1.807, 2.05) is 32.3 Å². The van der Waals surface area contributed by atoms with Crippen molar-refractivity contribution in [3.63, 3.8) is 0 Å². The lowest BCUT2D eigenvalue weighted by atomic mass is 9.84. The summed E-state index contributed by atoms with van der Waals surface area (Å²) in [5.41, 5.74) is 0.526. The van der Waals surface area contributed by atoms with Crippen LogP contribution >= 0.6 is 24.0 Å². The van der Waals surface area contributed by atoms with E-state index in [0.717, 1.165) is 49.3 Å². The first kappa shape index (κ1) is 22.6. The van der Waals surface area contributed by atoms with Gasteiger partial charge in [0.25, 0.3) is 0 Å². The zero-order valence-corrected chi connectivity index (χ0v) is 19.2. The van der Waals surface area contributed by atoms with Gasteiger partial charge in [-0.15, -0.1) is 24.0 Å². The predicted octanol–water partition coefficient (Wildman–Crippen LogP) is 3.10. The minimum atomic E-state index is -0.341. The molecule has 0 spiro atoms. The van der Waals surface area contributed by atoms with Crippen LogP contribution < -0.4 is 20.1 Å². The number of benzene rings is 1. The smallest absolute Gasteiger partial charge is 0.230 e. The summed E-state index contributed by atoms with van der Waals surface area (Å²) in [7, 11) is 5.38. The number of halogens is 1. The molecule has 1 aliphatic carbocycles. The predicted molar refractivity (Wildman–Crippen MR) is 122 cm³/mol. The van der Waals surface area contributed by atoms with Crippen molar-refractivity contribution in [1.82, 2.24) is 10.2 Å². The lowest BCUT2D eigenvalue weighted by Gasteiger charge is -2.31. The summed E-state index contributed by atoms with van der Waals surface area (Å²) in [6.45, 7) is 1.90. The van der Waals surface area contributed by atoms with Crippen LogP contribution in [-0.4, -0.2) is 57.7 Å². The fourth-order valence-electron chi connectivity index (χ4n) is 3.80. The monoisotopic (exact) mass is 502 g/mol. The summed E-state index contributed by atoms with van der Waals surface area (Å²) in [6.07, 6.45) is 4.89. The van der Waals surface area contributed by atoms with E-state index < -0.39 is 0 Å². The van der Waals surface area contributed by atoms with Gasteiger partial charge in [0, 0.05) is 45.9 Å². The van der Waals surface area contributed by atoms with Crippen molar-refractivity contribution in [3.05, 3.63) is 18.2 Å². The number of hydrogen-bond donors (Lipinski definition) is 2. The number of ether oxygens (including phenoxy) is 2. The van der Waals surface area contributed by atoms with E-state index in [1.165, 1.54) is 0 Å². The van der Waals surface area contributed by atoms with Crippen LogP contribution in [0, 0.1) is 5.41 Å². The van der Waals surface area contributed by atoms with Crippen LogP contribution in [-0.2, 0) is 4.79 Å². The Balaban J connectivity index is 0.00000280. The van der Waals surface area contributed by atoms with Crippen molar-refractivity contribution in [1.29, 1.82) is 0 Å². The third-order valence-electron chi connectivity index (χ3n) is 5.25. The average molecular weight is 502 g/mol. The summed E-state index contributed by atoms with van der Waals surface area (Å²) < 4.78 is 11.4. The van der Waals surface area contributed by atoms with E-state index in [-0.39, 0.29) is 35.3 Å². The molecule has 0 aromatic heterocycles. The van der Waals surface area contributed by atoms with Gasteiger partial charge in [0.05, 0.1) is 18.6 Å². The number of carbonyl (C=O) groups excluding carboxylic acids is 1. The number of carbonyl (C=O) groups is 1. The Morgan fingerprint density at radius 1 is 1.14 bits per heavy atom. The standard InChI is InChI=1S/C20H30N4O3.HI/c1-21-19(22-14-20(9-4-5-10-20)18(25)24(2)3)23-15-7-8-16-17(13-15)27-12-6-11-26-16;/h7-8,13H,4-6,9-12,14H2,1-3H3,(H2,21,22,23);1H. The topological polar surface area (TPSA) is 75.2 Å². The minimum Gasteiger partial charge on any atom is -0.490 e. The molecule has 7 nitrogen and oxygen atoms in total. The quantitative estimate of drug-likeness (QED) is 0.376. The largest absolute Gasteiger partial charge is 0.490 e.